The molecule has 9 heteroatoms. The van der Waals surface area contributed by atoms with Crippen molar-refractivity contribution >= 4 is 32.8 Å². The van der Waals surface area contributed by atoms with Crippen molar-refractivity contribution in [3.63, 3.8) is 0 Å². The van der Waals surface area contributed by atoms with Crippen molar-refractivity contribution in [2.75, 3.05) is 18.9 Å². The highest BCUT2D eigenvalue weighted by Gasteiger charge is 2.30. The Morgan fingerprint density at radius 1 is 1.43 bits per heavy atom. The van der Waals surface area contributed by atoms with E-state index in [1.807, 2.05) is 24.3 Å². The monoisotopic (exact) mass is 352 g/mol. The van der Waals surface area contributed by atoms with Crippen LogP contribution in [-0.4, -0.2) is 41.3 Å². The van der Waals surface area contributed by atoms with E-state index in [0.717, 1.165) is 35.3 Å². The van der Waals surface area contributed by atoms with E-state index in [9.17, 15) is 4.79 Å². The maximum Gasteiger partial charge on any atom is 0.534 e. The summed E-state index contributed by atoms with van der Waals surface area (Å²) in [6.45, 7) is 1.11. The van der Waals surface area contributed by atoms with E-state index in [0.29, 0.717) is 5.75 Å². The molecule has 0 bridgehead atoms. The van der Waals surface area contributed by atoms with E-state index in [1.54, 1.807) is 21.6 Å². The van der Waals surface area contributed by atoms with Crippen molar-refractivity contribution in [2.45, 2.75) is 18.9 Å². The Balaban J connectivity index is 1.31. The van der Waals surface area contributed by atoms with Crippen molar-refractivity contribution in [1.29, 1.82) is 0 Å². The van der Waals surface area contributed by atoms with Gasteiger partial charge in [-0.05, 0) is 34.9 Å². The molecular formula is C14H16N4O3S2. The highest BCUT2D eigenvalue weighted by atomic mass is 33.1. The first-order valence-electron chi connectivity index (χ1n) is 7.26. The largest absolute Gasteiger partial charge is 0.534 e. The van der Waals surface area contributed by atoms with Crippen LogP contribution in [-0.2, 0) is 9.57 Å². The van der Waals surface area contributed by atoms with Gasteiger partial charge in [0.05, 0.1) is 5.70 Å². The number of nitrogens with zero attached hydrogens (tertiary/aromatic N) is 4. The summed E-state index contributed by atoms with van der Waals surface area (Å²) in [7, 11) is 3.17. The first kappa shape index (κ1) is 16.1. The summed E-state index contributed by atoms with van der Waals surface area (Å²) in [5.41, 5.74) is 0.786. The summed E-state index contributed by atoms with van der Waals surface area (Å²) in [4.78, 5) is 21.1. The number of hydroxylamine groups is 1. The lowest BCUT2D eigenvalue weighted by Gasteiger charge is -2.18. The maximum atomic E-state index is 11.7. The molecule has 0 aromatic heterocycles. The molecule has 3 aliphatic rings. The molecule has 0 spiro atoms. The molecule has 0 saturated carbocycles. The van der Waals surface area contributed by atoms with Crippen LogP contribution in [0.25, 0.3) is 0 Å². The van der Waals surface area contributed by atoms with Gasteiger partial charge in [0.15, 0.2) is 6.04 Å². The van der Waals surface area contributed by atoms with Crippen molar-refractivity contribution in [3.8, 4) is 0 Å². The van der Waals surface area contributed by atoms with Crippen LogP contribution in [0.3, 0.4) is 0 Å². The Morgan fingerprint density at radius 3 is 3.26 bits per heavy atom. The summed E-state index contributed by atoms with van der Waals surface area (Å²) < 4.78 is 5.03. The molecule has 1 aliphatic carbocycles. The van der Waals surface area contributed by atoms with Crippen LogP contribution in [0.2, 0.25) is 0 Å². The Bertz CT molecular complexity index is 601. The van der Waals surface area contributed by atoms with Crippen LogP contribution < -0.4 is 0 Å². The number of carbonyl (C=O) groups is 1. The van der Waals surface area contributed by atoms with E-state index in [1.165, 1.54) is 0 Å². The van der Waals surface area contributed by atoms with Crippen molar-refractivity contribution in [2.24, 2.45) is 15.3 Å². The summed E-state index contributed by atoms with van der Waals surface area (Å²) >= 11 is 0. The zero-order chi connectivity index (χ0) is 15.9. The van der Waals surface area contributed by atoms with Crippen molar-refractivity contribution < 1.29 is 14.4 Å². The highest BCUT2D eigenvalue weighted by Crippen LogP contribution is 2.27. The fraction of sp³-hybridized carbons (Fsp3) is 0.429. The predicted octanol–water partition coefficient (Wildman–Crippen LogP) is 3.69. The van der Waals surface area contributed by atoms with Gasteiger partial charge in [-0.15, -0.1) is 5.11 Å². The van der Waals surface area contributed by atoms with E-state index in [-0.39, 0.29) is 12.6 Å². The molecule has 2 heterocycles. The minimum atomic E-state index is -0.773. The zero-order valence-electron chi connectivity index (χ0n) is 12.3. The number of dihydropyridines is 1. The lowest BCUT2D eigenvalue weighted by atomic mass is 10.1. The fourth-order valence-corrected chi connectivity index (χ4v) is 3.83. The number of rotatable bonds is 5. The van der Waals surface area contributed by atoms with E-state index in [4.69, 9.17) is 9.57 Å². The lowest BCUT2D eigenvalue weighted by molar-refractivity contribution is -0.132. The van der Waals surface area contributed by atoms with Gasteiger partial charge in [0.2, 0.25) is 0 Å². The number of allylic oxidation sites excluding steroid dienone is 2. The van der Waals surface area contributed by atoms with Gasteiger partial charge in [-0.1, -0.05) is 40.3 Å². The molecule has 0 saturated heterocycles. The number of fused-ring (bicyclic) bond motifs is 1. The standard InChI is InChI=1S/C14H16N4O3S2/c19-14(20-9-10-22-23-13-7-3-4-8-15-13)21-18-12-6-2-1-5-11(12)16-17-18/h2-3,5-7,12H,1,4,8-10H2. The van der Waals surface area contributed by atoms with Crippen LogP contribution in [0.1, 0.15) is 12.8 Å². The third-order valence-electron chi connectivity index (χ3n) is 3.09. The van der Waals surface area contributed by atoms with E-state index >= 15 is 0 Å². The average Bonchev–Trinajstić information content (AvgIpc) is 2.99. The first-order chi connectivity index (χ1) is 11.3. The Morgan fingerprint density at radius 2 is 2.39 bits per heavy atom. The number of ether oxygens (including phenoxy) is 1. The molecule has 0 N–H and O–H groups in total. The summed E-state index contributed by atoms with van der Waals surface area (Å²) in [6.07, 6.45) is 11.0. The fourth-order valence-electron chi connectivity index (χ4n) is 2.03. The number of hydrogen-bond donors (Lipinski definition) is 0. The number of hydrogen-bond acceptors (Lipinski definition) is 9. The highest BCUT2D eigenvalue weighted by molar-refractivity contribution is 8.82. The van der Waals surface area contributed by atoms with Crippen LogP contribution in [0, 0.1) is 0 Å². The Hall–Kier alpha value is -1.74. The van der Waals surface area contributed by atoms with Crippen LogP contribution in [0.5, 0.6) is 0 Å². The van der Waals surface area contributed by atoms with Crippen molar-refractivity contribution in [3.05, 3.63) is 36.1 Å². The van der Waals surface area contributed by atoms with Gasteiger partial charge in [0.25, 0.3) is 0 Å². The van der Waals surface area contributed by atoms with Crippen molar-refractivity contribution in [1.82, 2.24) is 5.17 Å². The third kappa shape index (κ3) is 4.61. The number of carbonyl (C=O) groups excluding carboxylic acids is 1. The summed E-state index contributed by atoms with van der Waals surface area (Å²) in [5, 5.41) is 9.93. The molecule has 1 unspecified atom stereocenters. The number of aliphatic imine (C=N–C) groups is 1. The molecule has 0 aromatic carbocycles. The lowest BCUT2D eigenvalue weighted by Crippen LogP contribution is -2.30. The molecule has 1 atom stereocenters. The molecule has 0 aromatic rings. The zero-order valence-corrected chi connectivity index (χ0v) is 14.0. The molecule has 23 heavy (non-hydrogen) atoms. The smallest absolute Gasteiger partial charge is 0.432 e. The van der Waals surface area contributed by atoms with Crippen LogP contribution in [0.4, 0.5) is 4.79 Å². The molecule has 2 aliphatic heterocycles. The topological polar surface area (TPSA) is 75.8 Å². The first-order valence-corrected chi connectivity index (χ1v) is 9.57. The quantitative estimate of drug-likeness (QED) is 0.325. The SMILES string of the molecule is O=C(OCCSSC1=NCCC=C1)ON1N=NC2=CCC=CC21. The molecular weight excluding hydrogens is 336 g/mol. The van der Waals surface area contributed by atoms with E-state index in [2.05, 4.69) is 21.4 Å². The van der Waals surface area contributed by atoms with Gasteiger partial charge >= 0.3 is 6.16 Å². The maximum absolute atomic E-state index is 11.7. The van der Waals surface area contributed by atoms with Gasteiger partial charge in [-0.3, -0.25) is 9.83 Å². The van der Waals surface area contributed by atoms with Crippen LogP contribution >= 0.6 is 21.6 Å². The van der Waals surface area contributed by atoms with Crippen LogP contribution in [0.15, 0.2) is 51.4 Å². The van der Waals surface area contributed by atoms with Gasteiger partial charge in [-0.2, -0.15) is 0 Å². The summed E-state index contributed by atoms with van der Waals surface area (Å²) in [5.74, 6) is 0.655. The average molecular weight is 352 g/mol. The second kappa shape index (κ2) is 8.21. The molecule has 0 radical (unpaired) electrons. The minimum Gasteiger partial charge on any atom is -0.432 e. The second-order valence-electron chi connectivity index (χ2n) is 4.74. The minimum absolute atomic E-state index is 0.239. The van der Waals surface area contributed by atoms with E-state index < -0.39 is 6.16 Å². The molecule has 7 nitrogen and oxygen atoms in total. The summed E-state index contributed by atoms with van der Waals surface area (Å²) in [6, 6.07) is -0.239. The Kier molecular flexibility index (Phi) is 5.76. The van der Waals surface area contributed by atoms with Gasteiger partial charge in [0, 0.05) is 12.3 Å². The van der Waals surface area contributed by atoms with Gasteiger partial charge < -0.3 is 4.74 Å². The van der Waals surface area contributed by atoms with Gasteiger partial charge in [0.1, 0.15) is 11.7 Å². The predicted molar refractivity (Wildman–Crippen MR) is 90.9 cm³/mol. The van der Waals surface area contributed by atoms with Gasteiger partial charge in [-0.25, -0.2) is 4.79 Å². The normalized spacial score (nSPS) is 21.7. The molecule has 122 valence electrons. The molecule has 0 fully saturated rings. The molecule has 0 amide bonds. The second-order valence-corrected chi connectivity index (χ2v) is 7.17. The third-order valence-corrected chi connectivity index (χ3v) is 5.35. The Labute approximate surface area is 141 Å². The molecule has 3 rings (SSSR count).